The van der Waals surface area contributed by atoms with Crippen LogP contribution in [-0.4, -0.2) is 37.0 Å². The zero-order valence-electron chi connectivity index (χ0n) is 9.58. The Balaban J connectivity index is 1.66. The van der Waals surface area contributed by atoms with Crippen LogP contribution in [0.1, 0.15) is 38.5 Å². The number of rotatable bonds is 3. The molecule has 2 aliphatic rings. The summed E-state index contributed by atoms with van der Waals surface area (Å²) >= 11 is 0. The Morgan fingerprint density at radius 1 is 1.20 bits per heavy atom. The summed E-state index contributed by atoms with van der Waals surface area (Å²) in [5.74, 6) is 1.25. The number of hydrogen-bond donors (Lipinski definition) is 1. The molecule has 1 aliphatic heterocycles. The van der Waals surface area contributed by atoms with Gasteiger partial charge in [0.1, 0.15) is 0 Å². The van der Waals surface area contributed by atoms with Crippen LogP contribution in [0.25, 0.3) is 0 Å². The van der Waals surface area contributed by atoms with Crippen molar-refractivity contribution in [3.8, 4) is 0 Å². The van der Waals surface area contributed by atoms with Gasteiger partial charge in [0, 0.05) is 6.42 Å². The molecule has 0 aromatic carbocycles. The Labute approximate surface area is 92.2 Å². The fourth-order valence-electron chi connectivity index (χ4n) is 2.78. The monoisotopic (exact) mass is 211 g/mol. The largest absolute Gasteiger partial charge is 0.343 e. The van der Waals surface area contributed by atoms with Gasteiger partial charge in [0.15, 0.2) is 0 Å². The van der Waals surface area contributed by atoms with Crippen molar-refractivity contribution >= 4 is 5.91 Å². The second kappa shape index (κ2) is 5.50. The number of piperazine rings is 1. The highest BCUT2D eigenvalue weighted by atomic mass is 16.2. The number of carbonyl (C=O) groups is 1. The molecule has 0 aromatic heterocycles. The average molecular weight is 211 g/mol. The van der Waals surface area contributed by atoms with Crippen molar-refractivity contribution < 1.29 is 10.1 Å². The van der Waals surface area contributed by atoms with E-state index in [0.29, 0.717) is 5.91 Å². The van der Waals surface area contributed by atoms with Crippen molar-refractivity contribution in [1.82, 2.24) is 4.90 Å². The lowest BCUT2D eigenvalue weighted by molar-refractivity contribution is -0.662. The van der Waals surface area contributed by atoms with Gasteiger partial charge in [-0.15, -0.1) is 0 Å². The van der Waals surface area contributed by atoms with Crippen LogP contribution in [-0.2, 0) is 4.79 Å². The molecule has 3 nitrogen and oxygen atoms in total. The minimum Gasteiger partial charge on any atom is -0.343 e. The fraction of sp³-hybridized carbons (Fsp3) is 0.917. The number of nitrogens with two attached hydrogens (primary N) is 1. The van der Waals surface area contributed by atoms with E-state index in [1.54, 1.807) is 0 Å². The van der Waals surface area contributed by atoms with Gasteiger partial charge in [0.05, 0.1) is 26.2 Å². The van der Waals surface area contributed by atoms with E-state index in [4.69, 9.17) is 0 Å². The molecule has 1 aliphatic carbocycles. The highest BCUT2D eigenvalue weighted by Crippen LogP contribution is 2.28. The first-order valence-corrected chi connectivity index (χ1v) is 6.45. The molecule has 0 bridgehead atoms. The molecule has 0 aromatic rings. The molecule has 0 spiro atoms. The maximum absolute atomic E-state index is 11.9. The Hall–Kier alpha value is -0.570. The third-order valence-corrected chi connectivity index (χ3v) is 3.80. The van der Waals surface area contributed by atoms with Gasteiger partial charge in [-0.3, -0.25) is 4.79 Å². The lowest BCUT2D eigenvalue weighted by Crippen LogP contribution is -2.89. The molecule has 0 unspecified atom stereocenters. The Bertz CT molecular complexity index is 206. The molecule has 86 valence electrons. The van der Waals surface area contributed by atoms with E-state index < -0.39 is 0 Å². The van der Waals surface area contributed by atoms with E-state index in [-0.39, 0.29) is 0 Å². The molecule has 1 amide bonds. The first-order chi connectivity index (χ1) is 7.36. The predicted molar refractivity (Wildman–Crippen MR) is 59.4 cm³/mol. The molecule has 2 fully saturated rings. The SMILES string of the molecule is O=C(CCC1CCCC1)N1CC[NH2+]CC1. The minimum atomic E-state index is 0.398. The predicted octanol–water partition coefficient (Wildman–Crippen LogP) is 0.362. The van der Waals surface area contributed by atoms with Crippen molar-refractivity contribution in [1.29, 1.82) is 0 Å². The Morgan fingerprint density at radius 2 is 1.87 bits per heavy atom. The molecule has 1 saturated heterocycles. The van der Waals surface area contributed by atoms with Crippen molar-refractivity contribution in [2.45, 2.75) is 38.5 Å². The van der Waals surface area contributed by atoms with Crippen LogP contribution in [0, 0.1) is 5.92 Å². The van der Waals surface area contributed by atoms with E-state index in [0.717, 1.165) is 44.9 Å². The van der Waals surface area contributed by atoms with Gasteiger partial charge in [-0.2, -0.15) is 0 Å². The smallest absolute Gasteiger partial charge is 0.222 e. The van der Waals surface area contributed by atoms with Gasteiger partial charge in [0.25, 0.3) is 0 Å². The second-order valence-corrected chi connectivity index (χ2v) is 4.94. The molecule has 0 atom stereocenters. The van der Waals surface area contributed by atoms with Crippen LogP contribution in [0.3, 0.4) is 0 Å². The summed E-state index contributed by atoms with van der Waals surface area (Å²) in [4.78, 5) is 13.9. The normalized spacial score (nSPS) is 23.3. The van der Waals surface area contributed by atoms with E-state index in [1.165, 1.54) is 25.7 Å². The van der Waals surface area contributed by atoms with Gasteiger partial charge in [0.2, 0.25) is 5.91 Å². The van der Waals surface area contributed by atoms with Gasteiger partial charge >= 0.3 is 0 Å². The topological polar surface area (TPSA) is 36.9 Å². The zero-order valence-corrected chi connectivity index (χ0v) is 9.58. The van der Waals surface area contributed by atoms with Gasteiger partial charge in [-0.1, -0.05) is 25.7 Å². The number of amides is 1. The van der Waals surface area contributed by atoms with Crippen LogP contribution in [0.15, 0.2) is 0 Å². The molecule has 1 saturated carbocycles. The van der Waals surface area contributed by atoms with E-state index in [2.05, 4.69) is 10.2 Å². The standard InChI is InChI=1S/C12H22N2O/c15-12(14-9-7-13-8-10-14)6-5-11-3-1-2-4-11/h11,13H,1-10H2/p+1. The van der Waals surface area contributed by atoms with Crippen molar-refractivity contribution in [2.24, 2.45) is 5.92 Å². The van der Waals surface area contributed by atoms with Crippen LogP contribution < -0.4 is 5.32 Å². The third-order valence-electron chi connectivity index (χ3n) is 3.80. The van der Waals surface area contributed by atoms with E-state index in [9.17, 15) is 4.79 Å². The number of quaternary nitrogens is 1. The molecule has 2 rings (SSSR count). The molecule has 3 heteroatoms. The highest BCUT2D eigenvalue weighted by Gasteiger charge is 2.20. The molecule has 15 heavy (non-hydrogen) atoms. The third kappa shape index (κ3) is 3.20. The van der Waals surface area contributed by atoms with Crippen LogP contribution in [0.5, 0.6) is 0 Å². The quantitative estimate of drug-likeness (QED) is 0.719. The van der Waals surface area contributed by atoms with Crippen LogP contribution in [0.2, 0.25) is 0 Å². The summed E-state index contributed by atoms with van der Waals surface area (Å²) < 4.78 is 0. The summed E-state index contributed by atoms with van der Waals surface area (Å²) in [5, 5.41) is 2.29. The first-order valence-electron chi connectivity index (χ1n) is 6.45. The molecule has 1 heterocycles. The second-order valence-electron chi connectivity index (χ2n) is 4.94. The molecular formula is C12H23N2O+. The maximum atomic E-state index is 11.9. The van der Waals surface area contributed by atoms with Crippen molar-refractivity contribution in [3.63, 3.8) is 0 Å². The van der Waals surface area contributed by atoms with Gasteiger partial charge in [-0.05, 0) is 12.3 Å². The Morgan fingerprint density at radius 3 is 2.53 bits per heavy atom. The van der Waals surface area contributed by atoms with E-state index in [1.807, 2.05) is 0 Å². The highest BCUT2D eigenvalue weighted by molar-refractivity contribution is 5.76. The number of carbonyl (C=O) groups excluding carboxylic acids is 1. The lowest BCUT2D eigenvalue weighted by Gasteiger charge is -2.25. The van der Waals surface area contributed by atoms with Crippen LogP contribution >= 0.6 is 0 Å². The summed E-state index contributed by atoms with van der Waals surface area (Å²) in [6.45, 7) is 4.11. The fourth-order valence-corrected chi connectivity index (χ4v) is 2.78. The summed E-state index contributed by atoms with van der Waals surface area (Å²) in [6.07, 6.45) is 7.43. The lowest BCUT2D eigenvalue weighted by atomic mass is 10.0. The number of nitrogens with zero attached hydrogens (tertiary/aromatic N) is 1. The number of hydrogen-bond acceptors (Lipinski definition) is 1. The van der Waals surface area contributed by atoms with E-state index >= 15 is 0 Å². The minimum absolute atomic E-state index is 0.398. The van der Waals surface area contributed by atoms with Crippen LogP contribution in [0.4, 0.5) is 0 Å². The Kier molecular flexibility index (Phi) is 4.01. The van der Waals surface area contributed by atoms with Crippen molar-refractivity contribution in [3.05, 3.63) is 0 Å². The molecule has 2 N–H and O–H groups in total. The van der Waals surface area contributed by atoms with Crippen molar-refractivity contribution in [2.75, 3.05) is 26.2 Å². The molecule has 0 radical (unpaired) electrons. The zero-order chi connectivity index (χ0) is 10.5. The summed E-state index contributed by atoms with van der Waals surface area (Å²) in [5.41, 5.74) is 0. The molecular weight excluding hydrogens is 188 g/mol. The summed E-state index contributed by atoms with van der Waals surface area (Å²) in [7, 11) is 0. The van der Waals surface area contributed by atoms with Gasteiger partial charge in [-0.25, -0.2) is 0 Å². The summed E-state index contributed by atoms with van der Waals surface area (Å²) in [6, 6.07) is 0. The first kappa shape index (κ1) is 10.9. The average Bonchev–Trinajstić information content (AvgIpc) is 2.80. The van der Waals surface area contributed by atoms with Gasteiger partial charge < -0.3 is 10.2 Å². The maximum Gasteiger partial charge on any atom is 0.222 e.